The first kappa shape index (κ1) is 21.0. The lowest BCUT2D eigenvalue weighted by molar-refractivity contribution is -0.0857. The molecule has 0 bridgehead atoms. The van der Waals surface area contributed by atoms with Gasteiger partial charge in [-0.15, -0.1) is 0 Å². The van der Waals surface area contributed by atoms with Crippen molar-refractivity contribution >= 4 is 0 Å². The van der Waals surface area contributed by atoms with E-state index in [1.807, 2.05) is 13.8 Å². The Morgan fingerprint density at radius 3 is 2.26 bits per heavy atom. The van der Waals surface area contributed by atoms with Crippen LogP contribution in [0.3, 0.4) is 0 Å². The van der Waals surface area contributed by atoms with Crippen LogP contribution in [0.25, 0.3) is 0 Å². The van der Waals surface area contributed by atoms with Crippen molar-refractivity contribution in [1.29, 1.82) is 0 Å². The van der Waals surface area contributed by atoms with E-state index in [0.29, 0.717) is 17.3 Å². The highest BCUT2D eigenvalue weighted by atomic mass is 16.3. The van der Waals surface area contributed by atoms with Gasteiger partial charge in [-0.2, -0.15) is 0 Å². The first-order valence-corrected chi connectivity index (χ1v) is 9.90. The minimum Gasteiger partial charge on any atom is -0.393 e. The summed E-state index contributed by atoms with van der Waals surface area (Å²) < 4.78 is 0. The smallest absolute Gasteiger partial charge is 0.0591 e. The Morgan fingerprint density at radius 1 is 1.17 bits per heavy atom. The molecule has 138 valence electrons. The van der Waals surface area contributed by atoms with Crippen LogP contribution in [0.15, 0.2) is 0 Å². The maximum absolute atomic E-state index is 10.4. The SMILES string of the molecule is CC[C@H](C(C)(CC)CCCC(C)(C)O)C1(C)CCCC(O)C1C. The predicted octanol–water partition coefficient (Wildman–Crippen LogP) is 5.56. The van der Waals surface area contributed by atoms with E-state index in [9.17, 15) is 10.2 Å². The van der Waals surface area contributed by atoms with Gasteiger partial charge < -0.3 is 10.2 Å². The third-order valence-electron chi connectivity index (χ3n) is 7.22. The lowest BCUT2D eigenvalue weighted by Gasteiger charge is -2.54. The minimum atomic E-state index is -0.561. The molecule has 1 fully saturated rings. The van der Waals surface area contributed by atoms with Crippen molar-refractivity contribution in [2.75, 3.05) is 0 Å². The van der Waals surface area contributed by atoms with Gasteiger partial charge in [0, 0.05) is 0 Å². The van der Waals surface area contributed by atoms with Gasteiger partial charge in [0.1, 0.15) is 0 Å². The van der Waals surface area contributed by atoms with Crippen LogP contribution in [-0.2, 0) is 0 Å². The third kappa shape index (κ3) is 4.95. The molecule has 0 aromatic rings. The molecule has 1 rings (SSSR count). The molecule has 0 aromatic heterocycles. The molecule has 0 heterocycles. The number of aliphatic hydroxyl groups excluding tert-OH is 1. The molecule has 0 saturated heterocycles. The first-order chi connectivity index (χ1) is 10.5. The Kier molecular flexibility index (Phi) is 7.17. The average Bonchev–Trinajstić information content (AvgIpc) is 2.44. The molecule has 5 atom stereocenters. The summed E-state index contributed by atoms with van der Waals surface area (Å²) in [6.07, 6.45) is 8.70. The van der Waals surface area contributed by atoms with Crippen LogP contribution in [0, 0.1) is 22.7 Å². The van der Waals surface area contributed by atoms with E-state index in [1.165, 1.54) is 25.7 Å². The number of rotatable bonds is 8. The quantitative estimate of drug-likeness (QED) is 0.613. The third-order valence-corrected chi connectivity index (χ3v) is 7.22. The van der Waals surface area contributed by atoms with Gasteiger partial charge in [0.25, 0.3) is 0 Å². The molecule has 0 aromatic carbocycles. The standard InChI is InChI=1S/C21H42O2/c1-8-18(21(7)15-10-12-17(22)16(21)3)20(6,9-2)14-11-13-19(4,5)23/h16-18,22-23H,8-15H2,1-7H3/t16?,17?,18-,20?,21?/m1/s1. The van der Waals surface area contributed by atoms with Gasteiger partial charge in [0.05, 0.1) is 11.7 Å². The molecule has 0 amide bonds. The summed E-state index contributed by atoms with van der Waals surface area (Å²) in [6, 6.07) is 0. The average molecular weight is 327 g/mol. The van der Waals surface area contributed by atoms with E-state index in [2.05, 4.69) is 34.6 Å². The fourth-order valence-corrected chi connectivity index (χ4v) is 5.38. The molecular formula is C21H42O2. The zero-order valence-corrected chi connectivity index (χ0v) is 16.8. The molecule has 2 heteroatoms. The van der Waals surface area contributed by atoms with E-state index in [0.717, 1.165) is 25.7 Å². The van der Waals surface area contributed by atoms with E-state index >= 15 is 0 Å². The van der Waals surface area contributed by atoms with Gasteiger partial charge >= 0.3 is 0 Å². The monoisotopic (exact) mass is 326 g/mol. The molecular weight excluding hydrogens is 284 g/mol. The normalized spacial score (nSPS) is 33.3. The lowest BCUT2D eigenvalue weighted by atomic mass is 9.51. The van der Waals surface area contributed by atoms with Crippen molar-refractivity contribution in [1.82, 2.24) is 0 Å². The lowest BCUT2D eigenvalue weighted by Crippen LogP contribution is -2.48. The van der Waals surface area contributed by atoms with E-state index < -0.39 is 5.60 Å². The first-order valence-electron chi connectivity index (χ1n) is 9.90. The Balaban J connectivity index is 2.94. The summed E-state index contributed by atoms with van der Waals surface area (Å²) >= 11 is 0. The Bertz CT molecular complexity index is 359. The van der Waals surface area contributed by atoms with Crippen LogP contribution in [0.5, 0.6) is 0 Å². The van der Waals surface area contributed by atoms with Crippen molar-refractivity contribution in [2.45, 2.75) is 112 Å². The summed E-state index contributed by atoms with van der Waals surface area (Å²) in [5, 5.41) is 20.5. The van der Waals surface area contributed by atoms with Crippen molar-refractivity contribution in [3.8, 4) is 0 Å². The summed E-state index contributed by atoms with van der Waals surface area (Å²) in [7, 11) is 0. The maximum Gasteiger partial charge on any atom is 0.0591 e. The molecule has 2 N–H and O–H groups in total. The molecule has 1 saturated carbocycles. The second-order valence-corrected chi connectivity index (χ2v) is 9.39. The van der Waals surface area contributed by atoms with Crippen molar-refractivity contribution in [3.63, 3.8) is 0 Å². The van der Waals surface area contributed by atoms with E-state index in [1.54, 1.807) is 0 Å². The Morgan fingerprint density at radius 2 is 1.78 bits per heavy atom. The van der Waals surface area contributed by atoms with Gasteiger partial charge in [-0.05, 0) is 62.2 Å². The fraction of sp³-hybridized carbons (Fsp3) is 1.00. The Labute approximate surface area is 145 Å². The maximum atomic E-state index is 10.4. The second kappa shape index (κ2) is 7.87. The molecule has 1 aliphatic rings. The van der Waals surface area contributed by atoms with E-state index in [4.69, 9.17) is 0 Å². The molecule has 0 radical (unpaired) electrons. The largest absolute Gasteiger partial charge is 0.393 e. The highest BCUT2D eigenvalue weighted by molar-refractivity contribution is 4.99. The predicted molar refractivity (Wildman–Crippen MR) is 99.5 cm³/mol. The topological polar surface area (TPSA) is 40.5 Å². The van der Waals surface area contributed by atoms with Crippen LogP contribution in [0.1, 0.15) is 99.8 Å². The van der Waals surface area contributed by atoms with Crippen molar-refractivity contribution in [3.05, 3.63) is 0 Å². The van der Waals surface area contributed by atoms with Crippen LogP contribution >= 0.6 is 0 Å². The highest BCUT2D eigenvalue weighted by Gasteiger charge is 2.49. The van der Waals surface area contributed by atoms with Gasteiger partial charge in [0.15, 0.2) is 0 Å². The van der Waals surface area contributed by atoms with Crippen molar-refractivity contribution in [2.24, 2.45) is 22.7 Å². The van der Waals surface area contributed by atoms with Gasteiger partial charge in [0.2, 0.25) is 0 Å². The van der Waals surface area contributed by atoms with E-state index in [-0.39, 0.29) is 11.5 Å². The number of aliphatic hydroxyl groups is 2. The van der Waals surface area contributed by atoms with Crippen LogP contribution in [-0.4, -0.2) is 21.9 Å². The zero-order chi connectivity index (χ0) is 17.9. The molecule has 2 nitrogen and oxygen atoms in total. The van der Waals surface area contributed by atoms with Crippen LogP contribution < -0.4 is 0 Å². The summed E-state index contributed by atoms with van der Waals surface area (Å²) in [6.45, 7) is 15.6. The fourth-order valence-electron chi connectivity index (χ4n) is 5.38. The summed E-state index contributed by atoms with van der Waals surface area (Å²) in [5.74, 6) is 1.01. The zero-order valence-electron chi connectivity index (χ0n) is 16.8. The molecule has 0 spiro atoms. The van der Waals surface area contributed by atoms with Crippen LogP contribution in [0.2, 0.25) is 0 Å². The molecule has 0 aliphatic heterocycles. The summed E-state index contributed by atoms with van der Waals surface area (Å²) in [4.78, 5) is 0. The highest BCUT2D eigenvalue weighted by Crippen LogP contribution is 2.56. The minimum absolute atomic E-state index is 0.139. The molecule has 1 aliphatic carbocycles. The van der Waals surface area contributed by atoms with Gasteiger partial charge in [-0.1, -0.05) is 60.3 Å². The molecule has 23 heavy (non-hydrogen) atoms. The molecule has 4 unspecified atom stereocenters. The van der Waals surface area contributed by atoms with Crippen molar-refractivity contribution < 1.29 is 10.2 Å². The second-order valence-electron chi connectivity index (χ2n) is 9.39. The van der Waals surface area contributed by atoms with Gasteiger partial charge in [-0.25, -0.2) is 0 Å². The number of hydrogen-bond donors (Lipinski definition) is 2. The number of hydrogen-bond acceptors (Lipinski definition) is 2. The summed E-state index contributed by atoms with van der Waals surface area (Å²) in [5.41, 5.74) is -0.0411. The Hall–Kier alpha value is -0.0800. The van der Waals surface area contributed by atoms with Gasteiger partial charge in [-0.3, -0.25) is 0 Å². The van der Waals surface area contributed by atoms with Crippen LogP contribution in [0.4, 0.5) is 0 Å².